The number of carbonyl (C=O) groups excluding carboxylic acids is 1. The molecule has 0 rings (SSSR count). The van der Waals surface area contributed by atoms with E-state index >= 15 is 0 Å². The minimum atomic E-state index is -1.32. The minimum absolute atomic E-state index is 0.172. The quantitative estimate of drug-likeness (QED) is 0.557. The fourth-order valence-corrected chi connectivity index (χ4v) is 2.07. The first-order chi connectivity index (χ1) is 6.32. The van der Waals surface area contributed by atoms with Gasteiger partial charge in [-0.2, -0.15) is 0 Å². The monoisotopic (exact) mass is 254 g/mol. The molecule has 1 atom stereocenters. The molecular formula is C10H16Cl2OS. The molecule has 0 aromatic heterocycles. The Bertz CT molecular complexity index is 224. The first-order valence-electron chi connectivity index (χ1n) is 4.54. The van der Waals surface area contributed by atoms with E-state index in [1.54, 1.807) is 0 Å². The second kappa shape index (κ2) is 6.04. The average Bonchev–Trinajstić information content (AvgIpc) is 2.03. The third-order valence-corrected chi connectivity index (χ3v) is 3.93. The van der Waals surface area contributed by atoms with Crippen molar-refractivity contribution in [2.45, 2.75) is 37.3 Å². The smallest absolute Gasteiger partial charge is 0.225 e. The molecule has 82 valence electrons. The van der Waals surface area contributed by atoms with Crippen LogP contribution in [0.1, 0.15) is 27.7 Å². The van der Waals surface area contributed by atoms with Crippen molar-refractivity contribution in [2.24, 2.45) is 5.92 Å². The van der Waals surface area contributed by atoms with E-state index in [4.69, 9.17) is 23.2 Å². The third-order valence-electron chi connectivity index (χ3n) is 1.67. The highest BCUT2D eigenvalue weighted by Crippen LogP contribution is 2.37. The average molecular weight is 255 g/mol. The molecule has 0 aliphatic carbocycles. The summed E-state index contributed by atoms with van der Waals surface area (Å²) < 4.78 is -1.32. The van der Waals surface area contributed by atoms with E-state index < -0.39 is 4.33 Å². The van der Waals surface area contributed by atoms with Crippen molar-refractivity contribution in [1.82, 2.24) is 0 Å². The second-order valence-electron chi connectivity index (χ2n) is 3.39. The Balaban J connectivity index is 4.51. The molecule has 0 aromatic carbocycles. The largest absolute Gasteiger partial charge is 0.284 e. The number of allylic oxidation sites excluding steroid dienone is 2. The van der Waals surface area contributed by atoms with Crippen molar-refractivity contribution < 1.29 is 4.79 Å². The van der Waals surface area contributed by atoms with Gasteiger partial charge in [-0.15, -0.1) is 0 Å². The van der Waals surface area contributed by atoms with Gasteiger partial charge in [-0.3, -0.25) is 4.79 Å². The minimum Gasteiger partial charge on any atom is -0.284 e. The van der Waals surface area contributed by atoms with Crippen molar-refractivity contribution >= 4 is 40.1 Å². The highest BCUT2D eigenvalue weighted by molar-refractivity contribution is 8.14. The number of hydrogen-bond donors (Lipinski definition) is 0. The predicted octanol–water partition coefficient (Wildman–Crippen LogP) is 4.04. The molecule has 0 amide bonds. The van der Waals surface area contributed by atoms with E-state index in [0.717, 1.165) is 0 Å². The van der Waals surface area contributed by atoms with Crippen LogP contribution in [-0.4, -0.2) is 14.7 Å². The number of thioether (sulfide) groups is 1. The molecule has 0 aromatic rings. The molecular weight excluding hydrogens is 239 g/mol. The summed E-state index contributed by atoms with van der Waals surface area (Å²) in [5.74, 6) is -0.172. The molecule has 0 bridgehead atoms. The van der Waals surface area contributed by atoms with Crippen molar-refractivity contribution in [2.75, 3.05) is 0 Å². The van der Waals surface area contributed by atoms with Gasteiger partial charge in [0.05, 0.1) is 0 Å². The van der Waals surface area contributed by atoms with E-state index in [1.807, 2.05) is 39.8 Å². The lowest BCUT2D eigenvalue weighted by atomic mass is 10.1. The second-order valence-corrected chi connectivity index (χ2v) is 6.33. The van der Waals surface area contributed by atoms with Gasteiger partial charge in [-0.1, -0.05) is 67.9 Å². The van der Waals surface area contributed by atoms with Gasteiger partial charge in [-0.25, -0.2) is 0 Å². The van der Waals surface area contributed by atoms with Crippen LogP contribution in [0.3, 0.4) is 0 Å². The van der Waals surface area contributed by atoms with Gasteiger partial charge < -0.3 is 0 Å². The zero-order valence-electron chi connectivity index (χ0n) is 8.88. The first kappa shape index (κ1) is 14.3. The maximum absolute atomic E-state index is 11.7. The van der Waals surface area contributed by atoms with E-state index in [2.05, 4.69) is 0 Å². The molecule has 0 radical (unpaired) electrons. The fourth-order valence-electron chi connectivity index (χ4n) is 0.888. The molecule has 0 fully saturated rings. The lowest BCUT2D eigenvalue weighted by Crippen LogP contribution is -2.31. The van der Waals surface area contributed by atoms with Gasteiger partial charge in [0, 0.05) is 11.2 Å². The Hall–Kier alpha value is 0.340. The Morgan fingerprint density at radius 3 is 2.21 bits per heavy atom. The van der Waals surface area contributed by atoms with E-state index in [9.17, 15) is 4.79 Å². The standard InChI is InChI=1S/C10H16Cl2OS/c1-5-6-8(4)10(11,12)9(13)14-7(2)3/h5-8H,1-4H3/b6-5+/t8-/m0/s1. The highest BCUT2D eigenvalue weighted by atomic mass is 35.5. The number of carbonyl (C=O) groups is 1. The first-order valence-corrected chi connectivity index (χ1v) is 6.17. The Labute approximate surface area is 100 Å². The van der Waals surface area contributed by atoms with Crippen LogP contribution in [0, 0.1) is 5.92 Å². The molecule has 0 saturated carbocycles. The van der Waals surface area contributed by atoms with Crippen molar-refractivity contribution in [3.63, 3.8) is 0 Å². The Morgan fingerprint density at radius 1 is 1.36 bits per heavy atom. The van der Waals surface area contributed by atoms with Crippen LogP contribution in [0.5, 0.6) is 0 Å². The van der Waals surface area contributed by atoms with Crippen LogP contribution < -0.4 is 0 Å². The zero-order valence-corrected chi connectivity index (χ0v) is 11.2. The molecule has 0 aliphatic rings. The number of alkyl halides is 2. The predicted molar refractivity (Wildman–Crippen MR) is 66.1 cm³/mol. The van der Waals surface area contributed by atoms with Gasteiger partial charge in [0.25, 0.3) is 0 Å². The Kier molecular flexibility index (Phi) is 6.19. The molecule has 0 unspecified atom stereocenters. The van der Waals surface area contributed by atoms with Crippen molar-refractivity contribution in [1.29, 1.82) is 0 Å². The number of halogens is 2. The zero-order chi connectivity index (χ0) is 11.4. The van der Waals surface area contributed by atoms with Crippen molar-refractivity contribution in [3.8, 4) is 0 Å². The summed E-state index contributed by atoms with van der Waals surface area (Å²) in [5, 5.41) is 0.0265. The maximum Gasteiger partial charge on any atom is 0.225 e. The van der Waals surface area contributed by atoms with Crippen LogP contribution >= 0.6 is 35.0 Å². The summed E-state index contributed by atoms with van der Waals surface area (Å²) in [6, 6.07) is 0. The van der Waals surface area contributed by atoms with Crippen LogP contribution in [-0.2, 0) is 4.79 Å². The lowest BCUT2D eigenvalue weighted by molar-refractivity contribution is -0.112. The molecule has 0 aliphatic heterocycles. The molecule has 0 saturated heterocycles. The van der Waals surface area contributed by atoms with Crippen LogP contribution in [0.25, 0.3) is 0 Å². The summed E-state index contributed by atoms with van der Waals surface area (Å²) in [5.41, 5.74) is 0. The van der Waals surface area contributed by atoms with Gasteiger partial charge in [0.15, 0.2) is 4.33 Å². The van der Waals surface area contributed by atoms with E-state index in [1.165, 1.54) is 11.8 Å². The van der Waals surface area contributed by atoms with Crippen LogP contribution in [0.4, 0.5) is 0 Å². The van der Waals surface area contributed by atoms with Gasteiger partial charge in [-0.05, 0) is 6.92 Å². The van der Waals surface area contributed by atoms with Crippen LogP contribution in [0.2, 0.25) is 0 Å². The third kappa shape index (κ3) is 4.24. The summed E-state index contributed by atoms with van der Waals surface area (Å²) in [7, 11) is 0. The van der Waals surface area contributed by atoms with Crippen LogP contribution in [0.15, 0.2) is 12.2 Å². The summed E-state index contributed by atoms with van der Waals surface area (Å²) >= 11 is 13.2. The molecule has 4 heteroatoms. The van der Waals surface area contributed by atoms with Gasteiger partial charge in [0.2, 0.25) is 5.12 Å². The maximum atomic E-state index is 11.7. The topological polar surface area (TPSA) is 17.1 Å². The van der Waals surface area contributed by atoms with Gasteiger partial charge in [0.1, 0.15) is 0 Å². The van der Waals surface area contributed by atoms with Crippen molar-refractivity contribution in [3.05, 3.63) is 12.2 Å². The van der Waals surface area contributed by atoms with Gasteiger partial charge >= 0.3 is 0 Å². The fraction of sp³-hybridized carbons (Fsp3) is 0.700. The summed E-state index contributed by atoms with van der Waals surface area (Å²) in [6.07, 6.45) is 3.68. The molecule has 0 heterocycles. The van der Waals surface area contributed by atoms with E-state index in [-0.39, 0.29) is 16.3 Å². The molecule has 0 N–H and O–H groups in total. The SMILES string of the molecule is C/C=C/[C@H](C)C(Cl)(Cl)C(=O)SC(C)C. The highest BCUT2D eigenvalue weighted by Gasteiger charge is 2.38. The number of hydrogen-bond acceptors (Lipinski definition) is 2. The molecule has 0 spiro atoms. The molecule has 1 nitrogen and oxygen atoms in total. The summed E-state index contributed by atoms with van der Waals surface area (Å²) in [6.45, 7) is 7.58. The lowest BCUT2D eigenvalue weighted by Gasteiger charge is -2.23. The van der Waals surface area contributed by atoms with E-state index in [0.29, 0.717) is 0 Å². The number of rotatable bonds is 4. The molecule has 14 heavy (non-hydrogen) atoms. The summed E-state index contributed by atoms with van der Waals surface area (Å²) in [4.78, 5) is 11.7. The normalized spacial score (nSPS) is 15.1. The Morgan fingerprint density at radius 2 is 1.86 bits per heavy atom.